The molecular formula is C31H12N8. The monoisotopic (exact) mass is 496 g/mol. The van der Waals surface area contributed by atoms with Crippen molar-refractivity contribution in [2.75, 3.05) is 0 Å². The average molecular weight is 496 g/mol. The molecule has 8 nitrogen and oxygen atoms in total. The van der Waals surface area contributed by atoms with Crippen LogP contribution in [0, 0.1) is 86.2 Å². The van der Waals surface area contributed by atoms with Crippen molar-refractivity contribution in [2.24, 2.45) is 0 Å². The molecule has 0 atom stereocenters. The van der Waals surface area contributed by atoms with Gasteiger partial charge in [0.25, 0.3) is 0 Å². The highest BCUT2D eigenvalue weighted by Gasteiger charge is 2.25. The second-order valence-electron chi connectivity index (χ2n) is 8.40. The summed E-state index contributed by atoms with van der Waals surface area (Å²) in [6.07, 6.45) is 0. The summed E-state index contributed by atoms with van der Waals surface area (Å²) in [4.78, 5) is 4.69. The van der Waals surface area contributed by atoms with Crippen LogP contribution in [0.2, 0.25) is 0 Å². The predicted octanol–water partition coefficient (Wildman–Crippen LogP) is 5.49. The fourth-order valence-electron chi connectivity index (χ4n) is 4.29. The highest BCUT2D eigenvalue weighted by atomic mass is 14.7. The Labute approximate surface area is 223 Å². The van der Waals surface area contributed by atoms with Gasteiger partial charge in [-0.2, -0.15) is 36.8 Å². The lowest BCUT2D eigenvalue weighted by molar-refractivity contribution is 1.27. The van der Waals surface area contributed by atoms with E-state index < -0.39 is 0 Å². The normalized spacial score (nSPS) is 9.49. The molecule has 0 spiro atoms. The van der Waals surface area contributed by atoms with Crippen molar-refractivity contribution in [1.82, 2.24) is 4.98 Å². The first-order valence-electron chi connectivity index (χ1n) is 11.2. The quantitative estimate of drug-likeness (QED) is 0.357. The first-order chi connectivity index (χ1) is 18.9. The standard InChI is InChI=1S/C31H12N8/c1-18-2-19(11-32)8-25(3-18)30-27(16-37)29(24-6-20(12-33)4-21(7-24)13-34)28(17-38)31(39-30)26-9-22(14-35)5-23(10-26)15-36/h2-10H,1H3. The molecule has 1 aromatic heterocycles. The molecule has 39 heavy (non-hydrogen) atoms. The van der Waals surface area contributed by atoms with Crippen LogP contribution in [-0.4, -0.2) is 4.98 Å². The lowest BCUT2D eigenvalue weighted by Gasteiger charge is -2.17. The molecule has 0 aliphatic carbocycles. The third-order valence-corrected chi connectivity index (χ3v) is 5.85. The largest absolute Gasteiger partial charge is 0.245 e. The lowest BCUT2D eigenvalue weighted by Crippen LogP contribution is -2.03. The van der Waals surface area contributed by atoms with Crippen molar-refractivity contribution in [2.45, 2.75) is 6.92 Å². The van der Waals surface area contributed by atoms with Crippen LogP contribution in [0.4, 0.5) is 0 Å². The first kappa shape index (κ1) is 25.3. The fourth-order valence-corrected chi connectivity index (χ4v) is 4.29. The minimum absolute atomic E-state index is 0.000661. The molecule has 0 saturated carbocycles. The Bertz CT molecular complexity index is 1940. The van der Waals surface area contributed by atoms with E-state index in [0.29, 0.717) is 16.7 Å². The first-order valence-corrected chi connectivity index (χ1v) is 11.2. The molecule has 0 radical (unpaired) electrons. The van der Waals surface area contributed by atoms with E-state index in [4.69, 9.17) is 4.98 Å². The van der Waals surface area contributed by atoms with E-state index in [2.05, 4.69) is 18.2 Å². The zero-order valence-corrected chi connectivity index (χ0v) is 20.3. The van der Waals surface area contributed by atoms with Gasteiger partial charge in [-0.3, -0.25) is 0 Å². The second-order valence-corrected chi connectivity index (χ2v) is 8.40. The van der Waals surface area contributed by atoms with Gasteiger partial charge in [0.1, 0.15) is 12.1 Å². The van der Waals surface area contributed by atoms with E-state index in [-0.39, 0.29) is 55.9 Å². The molecule has 0 N–H and O–H groups in total. The van der Waals surface area contributed by atoms with Crippen LogP contribution < -0.4 is 0 Å². The summed E-state index contributed by atoms with van der Waals surface area (Å²) in [5, 5.41) is 68.4. The molecular weight excluding hydrogens is 484 g/mol. The van der Waals surface area contributed by atoms with Crippen molar-refractivity contribution in [3.05, 3.63) is 99.1 Å². The van der Waals surface area contributed by atoms with Gasteiger partial charge in [0.05, 0.1) is 80.7 Å². The van der Waals surface area contributed by atoms with Crippen LogP contribution in [0.25, 0.3) is 33.6 Å². The summed E-state index contributed by atoms with van der Waals surface area (Å²) >= 11 is 0. The van der Waals surface area contributed by atoms with Crippen LogP contribution in [0.1, 0.15) is 44.5 Å². The molecule has 0 amide bonds. The lowest BCUT2D eigenvalue weighted by atomic mass is 9.87. The van der Waals surface area contributed by atoms with Gasteiger partial charge in [-0.05, 0) is 72.6 Å². The maximum atomic E-state index is 10.3. The van der Waals surface area contributed by atoms with Crippen molar-refractivity contribution < 1.29 is 0 Å². The van der Waals surface area contributed by atoms with E-state index in [9.17, 15) is 36.8 Å². The summed E-state index contributed by atoms with van der Waals surface area (Å²) in [5.41, 5.74) is 3.05. The number of benzene rings is 3. The number of rotatable bonds is 3. The van der Waals surface area contributed by atoms with Gasteiger partial charge in [-0.1, -0.05) is 0 Å². The zero-order chi connectivity index (χ0) is 28.1. The molecule has 0 aliphatic rings. The maximum absolute atomic E-state index is 10.3. The summed E-state index contributed by atoms with van der Waals surface area (Å²) in [5.74, 6) is 0. The summed E-state index contributed by atoms with van der Waals surface area (Å²) in [7, 11) is 0. The molecule has 8 heteroatoms. The summed E-state index contributed by atoms with van der Waals surface area (Å²) < 4.78 is 0. The molecule has 0 fully saturated rings. The minimum atomic E-state index is -0.0404. The predicted molar refractivity (Wildman–Crippen MR) is 138 cm³/mol. The molecule has 0 saturated heterocycles. The number of aryl methyl sites for hydroxylation is 1. The van der Waals surface area contributed by atoms with Crippen molar-refractivity contribution in [1.29, 1.82) is 36.8 Å². The number of nitriles is 7. The molecule has 0 aliphatic heterocycles. The van der Waals surface area contributed by atoms with Gasteiger partial charge >= 0.3 is 0 Å². The van der Waals surface area contributed by atoms with Crippen LogP contribution in [0.15, 0.2) is 54.6 Å². The summed E-state index contributed by atoms with van der Waals surface area (Å²) in [6, 6.07) is 27.9. The van der Waals surface area contributed by atoms with Crippen LogP contribution in [0.5, 0.6) is 0 Å². The van der Waals surface area contributed by atoms with Gasteiger partial charge in [0, 0.05) is 16.7 Å². The fraction of sp³-hybridized carbons (Fsp3) is 0.0323. The Morgan fingerprint density at radius 1 is 0.436 bits per heavy atom. The second kappa shape index (κ2) is 10.5. The van der Waals surface area contributed by atoms with Gasteiger partial charge in [-0.15, -0.1) is 0 Å². The SMILES string of the molecule is Cc1cc(C#N)cc(-c2nc(-c3cc(C#N)cc(C#N)c3)c(C#N)c(-c3cc(C#N)cc(C#N)c3)c2C#N)c1. The maximum Gasteiger partial charge on any atom is 0.102 e. The van der Waals surface area contributed by atoms with Crippen molar-refractivity contribution in [3.8, 4) is 76.1 Å². The van der Waals surface area contributed by atoms with E-state index in [1.807, 2.05) is 24.3 Å². The van der Waals surface area contributed by atoms with Crippen molar-refractivity contribution in [3.63, 3.8) is 0 Å². The summed E-state index contributed by atoms with van der Waals surface area (Å²) in [6.45, 7) is 1.78. The van der Waals surface area contributed by atoms with E-state index in [1.54, 1.807) is 25.1 Å². The third-order valence-electron chi connectivity index (χ3n) is 5.85. The smallest absolute Gasteiger partial charge is 0.102 e. The van der Waals surface area contributed by atoms with Gasteiger partial charge < -0.3 is 0 Å². The number of hydrogen-bond acceptors (Lipinski definition) is 8. The number of nitrogens with zero attached hydrogens (tertiary/aromatic N) is 8. The Morgan fingerprint density at radius 3 is 1.18 bits per heavy atom. The highest BCUT2D eigenvalue weighted by Crippen LogP contribution is 2.39. The Hall–Kier alpha value is -6.76. The number of pyridine rings is 1. The average Bonchev–Trinajstić information content (AvgIpc) is 2.98. The zero-order valence-electron chi connectivity index (χ0n) is 20.3. The van der Waals surface area contributed by atoms with Crippen LogP contribution in [0.3, 0.4) is 0 Å². The van der Waals surface area contributed by atoms with E-state index in [0.717, 1.165) is 5.56 Å². The van der Waals surface area contributed by atoms with Crippen molar-refractivity contribution >= 4 is 0 Å². The van der Waals surface area contributed by atoms with Crippen LogP contribution >= 0.6 is 0 Å². The van der Waals surface area contributed by atoms with Crippen LogP contribution in [-0.2, 0) is 0 Å². The van der Waals surface area contributed by atoms with E-state index >= 15 is 0 Å². The number of hydrogen-bond donors (Lipinski definition) is 0. The van der Waals surface area contributed by atoms with Gasteiger partial charge in [-0.25, -0.2) is 4.98 Å². The molecule has 1 heterocycles. The highest BCUT2D eigenvalue weighted by molar-refractivity contribution is 5.90. The topological polar surface area (TPSA) is 179 Å². The molecule has 176 valence electrons. The Kier molecular flexibility index (Phi) is 6.80. The molecule has 3 aromatic carbocycles. The molecule has 0 bridgehead atoms. The Balaban J connectivity index is 2.26. The molecule has 0 unspecified atom stereocenters. The van der Waals surface area contributed by atoms with E-state index in [1.165, 1.54) is 36.4 Å². The Morgan fingerprint density at radius 2 is 0.795 bits per heavy atom. The van der Waals surface area contributed by atoms with Gasteiger partial charge in [0.2, 0.25) is 0 Å². The third kappa shape index (κ3) is 4.72. The number of aromatic nitrogens is 1. The molecule has 4 aromatic rings. The van der Waals surface area contributed by atoms with Gasteiger partial charge in [0.15, 0.2) is 0 Å². The molecule has 4 rings (SSSR count). The minimum Gasteiger partial charge on any atom is -0.245 e.